The number of fused-ring (bicyclic) bond motifs is 3. The van der Waals surface area contributed by atoms with Crippen molar-refractivity contribution >= 4 is 43.1 Å². The van der Waals surface area contributed by atoms with E-state index in [2.05, 4.69) is 159 Å². The molecule has 0 unspecified atom stereocenters. The SMILES string of the molecule is CC1(C)c2cc(-c3ccc(-c4ccc5ccc6cccc7ccc4c5c67)cc3)ccc2-c2ccc(-c3ccc4c5c(cccc35)CC4)cc21. The summed E-state index contributed by atoms with van der Waals surface area (Å²) >= 11 is 0. The van der Waals surface area contributed by atoms with E-state index in [1.54, 1.807) is 0 Å². The Morgan fingerprint density at radius 3 is 1.65 bits per heavy atom. The van der Waals surface area contributed by atoms with Crippen molar-refractivity contribution in [1.29, 1.82) is 0 Å². The summed E-state index contributed by atoms with van der Waals surface area (Å²) in [4.78, 5) is 0. The van der Waals surface area contributed by atoms with Crippen molar-refractivity contribution in [3.8, 4) is 44.5 Å². The third-order valence-electron chi connectivity index (χ3n) is 11.9. The van der Waals surface area contributed by atoms with E-state index in [1.807, 2.05) is 0 Å². The van der Waals surface area contributed by atoms with Gasteiger partial charge < -0.3 is 0 Å². The van der Waals surface area contributed by atoms with Crippen LogP contribution in [0, 0.1) is 0 Å². The van der Waals surface area contributed by atoms with Crippen LogP contribution in [0.2, 0.25) is 0 Å². The summed E-state index contributed by atoms with van der Waals surface area (Å²) in [6.07, 6.45) is 2.32. The van der Waals surface area contributed by atoms with Crippen molar-refractivity contribution in [3.05, 3.63) is 168 Å². The molecule has 0 saturated carbocycles. The van der Waals surface area contributed by atoms with Crippen molar-refractivity contribution in [2.24, 2.45) is 0 Å². The van der Waals surface area contributed by atoms with Crippen LogP contribution in [-0.2, 0) is 18.3 Å². The van der Waals surface area contributed by atoms with Crippen LogP contribution in [-0.4, -0.2) is 0 Å². The maximum Gasteiger partial charge on any atom is 0.0159 e. The molecule has 0 radical (unpaired) electrons. The highest BCUT2D eigenvalue weighted by atomic mass is 14.4. The third kappa shape index (κ3) is 3.75. The highest BCUT2D eigenvalue weighted by Gasteiger charge is 2.36. The summed E-state index contributed by atoms with van der Waals surface area (Å²) < 4.78 is 0. The molecule has 49 heavy (non-hydrogen) atoms. The molecule has 230 valence electrons. The Kier molecular flexibility index (Phi) is 5.38. The van der Waals surface area contributed by atoms with Gasteiger partial charge in [-0.25, -0.2) is 0 Å². The average Bonchev–Trinajstić information content (AvgIpc) is 3.67. The van der Waals surface area contributed by atoms with Gasteiger partial charge in [-0.15, -0.1) is 0 Å². The number of aryl methyl sites for hydroxylation is 2. The van der Waals surface area contributed by atoms with Gasteiger partial charge in [0.2, 0.25) is 0 Å². The van der Waals surface area contributed by atoms with Gasteiger partial charge in [0.15, 0.2) is 0 Å². The maximum absolute atomic E-state index is 2.47. The molecule has 11 rings (SSSR count). The summed E-state index contributed by atoms with van der Waals surface area (Å²) in [5.41, 5.74) is 16.2. The highest BCUT2D eigenvalue weighted by Crippen LogP contribution is 2.51. The van der Waals surface area contributed by atoms with E-state index in [0.29, 0.717) is 0 Å². The molecule has 2 aliphatic rings. The average molecular weight is 623 g/mol. The second-order valence-corrected chi connectivity index (χ2v) is 14.8. The van der Waals surface area contributed by atoms with Crippen molar-refractivity contribution < 1.29 is 0 Å². The first-order valence-electron chi connectivity index (χ1n) is 17.6. The van der Waals surface area contributed by atoms with E-state index < -0.39 is 0 Å². The van der Waals surface area contributed by atoms with Crippen LogP contribution < -0.4 is 0 Å². The lowest BCUT2D eigenvalue weighted by Gasteiger charge is -2.23. The molecule has 0 saturated heterocycles. The Balaban J connectivity index is 0.965. The third-order valence-corrected chi connectivity index (χ3v) is 11.9. The van der Waals surface area contributed by atoms with Crippen LogP contribution in [0.3, 0.4) is 0 Å². The summed E-state index contributed by atoms with van der Waals surface area (Å²) in [6, 6.07) is 55.4. The van der Waals surface area contributed by atoms with Crippen molar-refractivity contribution in [2.75, 3.05) is 0 Å². The van der Waals surface area contributed by atoms with E-state index in [1.165, 1.54) is 110 Å². The fourth-order valence-electron chi connectivity index (χ4n) is 9.41. The zero-order valence-corrected chi connectivity index (χ0v) is 27.8. The minimum Gasteiger partial charge on any atom is -0.0613 e. The zero-order valence-electron chi connectivity index (χ0n) is 27.8. The topological polar surface area (TPSA) is 0 Å². The molecule has 0 atom stereocenters. The predicted octanol–water partition coefficient (Wildman–Crippen LogP) is 13.1. The lowest BCUT2D eigenvalue weighted by atomic mass is 9.80. The van der Waals surface area contributed by atoms with E-state index in [4.69, 9.17) is 0 Å². The number of benzene rings is 9. The Morgan fingerprint density at radius 1 is 0.367 bits per heavy atom. The lowest BCUT2D eigenvalue weighted by Crippen LogP contribution is -2.15. The van der Waals surface area contributed by atoms with E-state index >= 15 is 0 Å². The smallest absolute Gasteiger partial charge is 0.0159 e. The first-order valence-corrected chi connectivity index (χ1v) is 17.6. The minimum absolute atomic E-state index is 0.0901. The van der Waals surface area contributed by atoms with Crippen molar-refractivity contribution in [2.45, 2.75) is 32.1 Å². The standard InChI is InChI=1S/C49H34/c1-49(2)44-27-36(20-24-40(44)41-25-21-37(28-45(41)49)39-23-17-34-15-13-31-7-4-8-42(39)46(31)34)29-9-11-30(12-10-29)38-22-18-35-16-14-32-5-3-6-33-19-26-43(38)48(35)47(32)33/h3-12,14,16-28H,13,15H2,1-2H3. The summed E-state index contributed by atoms with van der Waals surface area (Å²) in [5, 5.41) is 10.9. The van der Waals surface area contributed by atoms with E-state index in [-0.39, 0.29) is 5.41 Å². The molecule has 9 aromatic carbocycles. The van der Waals surface area contributed by atoms with Gasteiger partial charge in [-0.2, -0.15) is 0 Å². The zero-order chi connectivity index (χ0) is 32.4. The van der Waals surface area contributed by atoms with Gasteiger partial charge in [0.05, 0.1) is 0 Å². The van der Waals surface area contributed by atoms with E-state index in [0.717, 1.165) is 12.8 Å². The second-order valence-electron chi connectivity index (χ2n) is 14.8. The number of hydrogen-bond acceptors (Lipinski definition) is 0. The molecule has 0 amide bonds. The molecule has 0 aliphatic heterocycles. The quantitative estimate of drug-likeness (QED) is 0.172. The van der Waals surface area contributed by atoms with Gasteiger partial charge in [-0.3, -0.25) is 0 Å². The summed E-state index contributed by atoms with van der Waals surface area (Å²) in [6.45, 7) is 4.80. The number of rotatable bonds is 3. The lowest BCUT2D eigenvalue weighted by molar-refractivity contribution is 0.661. The van der Waals surface area contributed by atoms with Gasteiger partial charge in [-0.05, 0) is 135 Å². The van der Waals surface area contributed by atoms with Gasteiger partial charge in [0.25, 0.3) is 0 Å². The van der Waals surface area contributed by atoms with Crippen molar-refractivity contribution in [3.63, 3.8) is 0 Å². The minimum atomic E-state index is -0.0901. The number of hydrogen-bond donors (Lipinski definition) is 0. The predicted molar refractivity (Wildman–Crippen MR) is 209 cm³/mol. The van der Waals surface area contributed by atoms with Crippen LogP contribution in [0.25, 0.3) is 87.6 Å². The Morgan fingerprint density at radius 2 is 0.878 bits per heavy atom. The van der Waals surface area contributed by atoms with Gasteiger partial charge in [-0.1, -0.05) is 147 Å². The molecule has 9 aromatic rings. The fraction of sp³-hybridized carbons (Fsp3) is 0.102. The fourth-order valence-corrected chi connectivity index (χ4v) is 9.41. The second kappa shape index (κ2) is 9.68. The molecule has 0 fully saturated rings. The van der Waals surface area contributed by atoms with Gasteiger partial charge in [0, 0.05) is 5.41 Å². The molecule has 0 N–H and O–H groups in total. The first-order chi connectivity index (χ1) is 24.0. The molecule has 0 aromatic heterocycles. The highest BCUT2D eigenvalue weighted by molar-refractivity contribution is 6.25. The summed E-state index contributed by atoms with van der Waals surface area (Å²) in [7, 11) is 0. The molecule has 0 bridgehead atoms. The molecule has 0 nitrogen and oxygen atoms in total. The van der Waals surface area contributed by atoms with Gasteiger partial charge >= 0.3 is 0 Å². The van der Waals surface area contributed by atoms with Crippen LogP contribution in [0.5, 0.6) is 0 Å². The van der Waals surface area contributed by atoms with Crippen molar-refractivity contribution in [1.82, 2.24) is 0 Å². The van der Waals surface area contributed by atoms with Gasteiger partial charge in [0.1, 0.15) is 0 Å². The van der Waals surface area contributed by atoms with E-state index in [9.17, 15) is 0 Å². The molecular formula is C49H34. The van der Waals surface area contributed by atoms with Crippen LogP contribution in [0.15, 0.2) is 146 Å². The van der Waals surface area contributed by atoms with Crippen LogP contribution >= 0.6 is 0 Å². The normalized spacial score (nSPS) is 14.3. The Bertz CT molecular complexity index is 2800. The summed E-state index contributed by atoms with van der Waals surface area (Å²) in [5.74, 6) is 0. The molecule has 0 heterocycles. The molecule has 2 aliphatic carbocycles. The van der Waals surface area contributed by atoms with Crippen LogP contribution in [0.1, 0.15) is 36.1 Å². The molecular weight excluding hydrogens is 589 g/mol. The Hall–Kier alpha value is -5.72. The monoisotopic (exact) mass is 622 g/mol. The maximum atomic E-state index is 2.47. The molecule has 0 spiro atoms. The largest absolute Gasteiger partial charge is 0.0613 e. The van der Waals surface area contributed by atoms with Crippen LogP contribution in [0.4, 0.5) is 0 Å². The molecule has 0 heteroatoms. The Labute approximate surface area is 286 Å². The first kappa shape index (κ1) is 27.3.